The Labute approximate surface area is 89.7 Å². The van der Waals surface area contributed by atoms with Gasteiger partial charge >= 0.3 is 0 Å². The Morgan fingerprint density at radius 2 is 2.07 bits per heavy atom. The van der Waals surface area contributed by atoms with Gasteiger partial charge in [-0.25, -0.2) is 0 Å². The molecule has 0 bridgehead atoms. The quantitative estimate of drug-likeness (QED) is 0.715. The number of furan rings is 1. The van der Waals surface area contributed by atoms with Gasteiger partial charge in [0.15, 0.2) is 0 Å². The molecule has 3 nitrogen and oxygen atoms in total. The van der Waals surface area contributed by atoms with Crippen LogP contribution < -0.4 is 0 Å². The van der Waals surface area contributed by atoms with Gasteiger partial charge in [0.05, 0.1) is 18.2 Å². The molecule has 2 aromatic heterocycles. The zero-order chi connectivity index (χ0) is 11.1. The minimum Gasteiger partial charge on any atom is -0.472 e. The van der Waals surface area contributed by atoms with Crippen LogP contribution in [0.15, 0.2) is 29.1 Å². The first-order chi connectivity index (χ1) is 6.98. The Balaban J connectivity index is 2.47. The summed E-state index contributed by atoms with van der Waals surface area (Å²) < 4.78 is 6.99. The van der Waals surface area contributed by atoms with Crippen LogP contribution in [0.5, 0.6) is 0 Å². The SMILES string of the molecule is Cn1nc(-c2ccoc2)cc1C(C)(C)C. The van der Waals surface area contributed by atoms with E-state index in [1.807, 2.05) is 17.8 Å². The number of hydrogen-bond acceptors (Lipinski definition) is 2. The van der Waals surface area contributed by atoms with Crippen LogP contribution in [0.2, 0.25) is 0 Å². The van der Waals surface area contributed by atoms with E-state index in [4.69, 9.17) is 4.42 Å². The summed E-state index contributed by atoms with van der Waals surface area (Å²) in [4.78, 5) is 0. The Morgan fingerprint density at radius 1 is 1.33 bits per heavy atom. The average Bonchev–Trinajstić information content (AvgIpc) is 2.68. The van der Waals surface area contributed by atoms with Crippen molar-refractivity contribution in [2.75, 3.05) is 0 Å². The van der Waals surface area contributed by atoms with Crippen LogP contribution in [0.1, 0.15) is 26.5 Å². The maximum Gasteiger partial charge on any atom is 0.0997 e. The summed E-state index contributed by atoms with van der Waals surface area (Å²) in [6.45, 7) is 6.55. The van der Waals surface area contributed by atoms with Crippen molar-refractivity contribution < 1.29 is 4.42 Å². The molecule has 0 fully saturated rings. The standard InChI is InChI=1S/C12H16N2O/c1-12(2,3)11-7-10(13-14(11)4)9-5-6-15-8-9/h5-8H,1-4H3. The van der Waals surface area contributed by atoms with Crippen LogP contribution in [0.4, 0.5) is 0 Å². The molecule has 2 aromatic rings. The van der Waals surface area contributed by atoms with Gasteiger partial charge in [-0.15, -0.1) is 0 Å². The normalized spacial score (nSPS) is 12.0. The molecule has 0 amide bonds. The van der Waals surface area contributed by atoms with Crippen LogP contribution in [0, 0.1) is 0 Å². The molecular formula is C12H16N2O. The lowest BCUT2D eigenvalue weighted by molar-refractivity contribution is 0.523. The largest absolute Gasteiger partial charge is 0.472 e. The number of nitrogens with zero attached hydrogens (tertiary/aromatic N) is 2. The van der Waals surface area contributed by atoms with Crippen molar-refractivity contribution in [1.82, 2.24) is 9.78 Å². The van der Waals surface area contributed by atoms with E-state index in [0.717, 1.165) is 11.3 Å². The lowest BCUT2D eigenvalue weighted by atomic mass is 9.92. The maximum absolute atomic E-state index is 5.05. The van der Waals surface area contributed by atoms with E-state index in [1.165, 1.54) is 5.69 Å². The molecule has 0 unspecified atom stereocenters. The number of aryl methyl sites for hydroxylation is 1. The molecule has 15 heavy (non-hydrogen) atoms. The van der Waals surface area contributed by atoms with Crippen LogP contribution in [-0.4, -0.2) is 9.78 Å². The van der Waals surface area contributed by atoms with Crippen molar-refractivity contribution in [2.24, 2.45) is 7.05 Å². The van der Waals surface area contributed by atoms with Gasteiger partial charge in [-0.2, -0.15) is 5.10 Å². The highest BCUT2D eigenvalue weighted by Gasteiger charge is 2.19. The molecule has 80 valence electrons. The Bertz CT molecular complexity index is 446. The van der Waals surface area contributed by atoms with Crippen molar-refractivity contribution >= 4 is 0 Å². The number of rotatable bonds is 1. The lowest BCUT2D eigenvalue weighted by Crippen LogP contribution is -2.16. The van der Waals surface area contributed by atoms with E-state index in [2.05, 4.69) is 31.9 Å². The van der Waals surface area contributed by atoms with Crippen molar-refractivity contribution in [3.8, 4) is 11.3 Å². The zero-order valence-corrected chi connectivity index (χ0v) is 9.61. The first kappa shape index (κ1) is 10.0. The second-order valence-electron chi connectivity index (χ2n) is 4.80. The molecule has 0 aliphatic heterocycles. The van der Waals surface area contributed by atoms with Crippen LogP contribution in [-0.2, 0) is 12.5 Å². The average molecular weight is 204 g/mol. The van der Waals surface area contributed by atoms with Gasteiger partial charge in [0, 0.05) is 23.7 Å². The molecule has 0 aliphatic carbocycles. The third-order valence-electron chi connectivity index (χ3n) is 2.47. The molecule has 0 saturated carbocycles. The molecular weight excluding hydrogens is 188 g/mol. The predicted octanol–water partition coefficient (Wildman–Crippen LogP) is 2.98. The highest BCUT2D eigenvalue weighted by Crippen LogP contribution is 2.26. The molecule has 0 saturated heterocycles. The smallest absolute Gasteiger partial charge is 0.0997 e. The number of aromatic nitrogens is 2. The molecule has 3 heteroatoms. The van der Waals surface area contributed by atoms with Crippen molar-refractivity contribution in [3.05, 3.63) is 30.4 Å². The van der Waals surface area contributed by atoms with E-state index >= 15 is 0 Å². The van der Waals surface area contributed by atoms with Crippen LogP contribution >= 0.6 is 0 Å². The molecule has 2 heterocycles. The van der Waals surface area contributed by atoms with Gasteiger partial charge < -0.3 is 4.42 Å². The third kappa shape index (κ3) is 1.82. The summed E-state index contributed by atoms with van der Waals surface area (Å²) in [6, 6.07) is 4.04. The van der Waals surface area contributed by atoms with Crippen molar-refractivity contribution in [3.63, 3.8) is 0 Å². The molecule has 0 spiro atoms. The third-order valence-corrected chi connectivity index (χ3v) is 2.47. The summed E-state index contributed by atoms with van der Waals surface area (Å²) in [7, 11) is 1.98. The monoisotopic (exact) mass is 204 g/mol. The van der Waals surface area contributed by atoms with Crippen LogP contribution in [0.25, 0.3) is 11.3 Å². The van der Waals surface area contributed by atoms with E-state index < -0.39 is 0 Å². The first-order valence-electron chi connectivity index (χ1n) is 5.05. The van der Waals surface area contributed by atoms with E-state index in [-0.39, 0.29) is 5.41 Å². The molecule has 0 aromatic carbocycles. The summed E-state index contributed by atoms with van der Waals surface area (Å²) in [6.07, 6.45) is 3.38. The fourth-order valence-corrected chi connectivity index (χ4v) is 1.72. The minimum absolute atomic E-state index is 0.115. The van der Waals surface area contributed by atoms with Crippen molar-refractivity contribution in [2.45, 2.75) is 26.2 Å². The summed E-state index contributed by atoms with van der Waals surface area (Å²) in [5.74, 6) is 0. The molecule has 0 radical (unpaired) electrons. The highest BCUT2D eigenvalue weighted by atomic mass is 16.3. The molecule has 2 rings (SSSR count). The molecule has 0 atom stereocenters. The first-order valence-corrected chi connectivity index (χ1v) is 5.05. The zero-order valence-electron chi connectivity index (χ0n) is 9.61. The molecule has 0 N–H and O–H groups in total. The Kier molecular flexibility index (Phi) is 2.18. The Hall–Kier alpha value is -1.51. The van der Waals surface area contributed by atoms with Gasteiger partial charge in [0.25, 0.3) is 0 Å². The fraction of sp³-hybridized carbons (Fsp3) is 0.417. The summed E-state index contributed by atoms with van der Waals surface area (Å²) in [5, 5.41) is 4.48. The van der Waals surface area contributed by atoms with Gasteiger partial charge in [-0.05, 0) is 12.1 Å². The maximum atomic E-state index is 5.05. The topological polar surface area (TPSA) is 31.0 Å². The van der Waals surface area contributed by atoms with Gasteiger partial charge in [0.2, 0.25) is 0 Å². The summed E-state index contributed by atoms with van der Waals surface area (Å²) >= 11 is 0. The van der Waals surface area contributed by atoms with E-state index in [9.17, 15) is 0 Å². The lowest BCUT2D eigenvalue weighted by Gasteiger charge is -2.17. The van der Waals surface area contributed by atoms with Gasteiger partial charge in [0.1, 0.15) is 0 Å². The second kappa shape index (κ2) is 3.26. The van der Waals surface area contributed by atoms with Gasteiger partial charge in [-0.3, -0.25) is 4.68 Å². The van der Waals surface area contributed by atoms with E-state index in [0.29, 0.717) is 0 Å². The van der Waals surface area contributed by atoms with Gasteiger partial charge in [-0.1, -0.05) is 20.8 Å². The molecule has 0 aliphatic rings. The van der Waals surface area contributed by atoms with Crippen molar-refractivity contribution in [1.29, 1.82) is 0 Å². The Morgan fingerprint density at radius 3 is 2.53 bits per heavy atom. The fourth-order valence-electron chi connectivity index (χ4n) is 1.72. The second-order valence-corrected chi connectivity index (χ2v) is 4.80. The number of hydrogen-bond donors (Lipinski definition) is 0. The predicted molar refractivity (Wildman–Crippen MR) is 59.6 cm³/mol. The summed E-state index contributed by atoms with van der Waals surface area (Å²) in [5.41, 5.74) is 3.33. The van der Waals surface area contributed by atoms with E-state index in [1.54, 1.807) is 12.5 Å². The minimum atomic E-state index is 0.115. The van der Waals surface area contributed by atoms with Crippen LogP contribution in [0.3, 0.4) is 0 Å². The highest BCUT2D eigenvalue weighted by molar-refractivity contribution is 5.57.